The van der Waals surface area contributed by atoms with Crippen molar-refractivity contribution < 1.29 is 23.0 Å². The minimum Gasteiger partial charge on any atom is -0.450 e. The van der Waals surface area contributed by atoms with E-state index in [0.29, 0.717) is 30.9 Å². The number of carbonyl (C=O) groups excluding carboxylic acids is 1. The molecule has 1 fully saturated rings. The summed E-state index contributed by atoms with van der Waals surface area (Å²) in [6.45, 7) is 11.5. The van der Waals surface area contributed by atoms with Crippen LogP contribution in [0.25, 0.3) is 11.0 Å². The summed E-state index contributed by atoms with van der Waals surface area (Å²) >= 11 is 0. The first-order chi connectivity index (χ1) is 18.7. The first-order valence-electron chi connectivity index (χ1n) is 13.7. The maximum atomic E-state index is 14.9. The Morgan fingerprint density at radius 3 is 2.56 bits per heavy atom. The molecule has 1 aliphatic rings. The average Bonchev–Trinajstić information content (AvgIpc) is 3.30. The third kappa shape index (κ3) is 8.48. The molecular formula is C28H39F2N5O3Si. The number of nitrogens with zero attached hydrogens (tertiary/aromatic N) is 3. The van der Waals surface area contributed by atoms with E-state index in [1.165, 1.54) is 25.5 Å². The summed E-state index contributed by atoms with van der Waals surface area (Å²) in [4.78, 5) is 19.0. The van der Waals surface area contributed by atoms with Crippen molar-refractivity contribution in [2.75, 3.05) is 38.1 Å². The molecule has 0 radical (unpaired) electrons. The third-order valence-corrected chi connectivity index (χ3v) is 8.41. The van der Waals surface area contributed by atoms with E-state index in [2.05, 4.69) is 40.2 Å². The monoisotopic (exact) mass is 559 g/mol. The van der Waals surface area contributed by atoms with E-state index in [9.17, 15) is 13.6 Å². The zero-order valence-electron chi connectivity index (χ0n) is 23.1. The normalized spacial score (nSPS) is 14.5. The van der Waals surface area contributed by atoms with Crippen LogP contribution in [0.3, 0.4) is 0 Å². The Bertz CT molecular complexity index is 1230. The second kappa shape index (κ2) is 13.4. The molecule has 39 heavy (non-hydrogen) atoms. The number of fused-ring (bicyclic) bond motifs is 1. The number of pyridine rings is 1. The Hall–Kier alpha value is -3.02. The Morgan fingerprint density at radius 2 is 1.85 bits per heavy atom. The lowest BCUT2D eigenvalue weighted by molar-refractivity contribution is 0.0899. The van der Waals surface area contributed by atoms with Crippen LogP contribution >= 0.6 is 0 Å². The Balaban J connectivity index is 1.33. The fourth-order valence-corrected chi connectivity index (χ4v) is 5.26. The molecule has 0 spiro atoms. The smallest absolute Gasteiger partial charge is 0.319 e. The lowest BCUT2D eigenvalue weighted by atomic mass is 10.1. The van der Waals surface area contributed by atoms with E-state index in [1.54, 1.807) is 12.1 Å². The van der Waals surface area contributed by atoms with Crippen molar-refractivity contribution in [1.82, 2.24) is 19.8 Å². The van der Waals surface area contributed by atoms with Crippen LogP contribution in [-0.4, -0.2) is 61.3 Å². The van der Waals surface area contributed by atoms with E-state index < -0.39 is 31.5 Å². The van der Waals surface area contributed by atoms with Gasteiger partial charge in [-0.2, -0.15) is 0 Å². The first-order valence-corrected chi connectivity index (χ1v) is 17.4. The van der Waals surface area contributed by atoms with Gasteiger partial charge in [0.15, 0.2) is 17.4 Å². The van der Waals surface area contributed by atoms with Crippen LogP contribution < -0.4 is 15.4 Å². The van der Waals surface area contributed by atoms with Gasteiger partial charge < -0.3 is 29.6 Å². The van der Waals surface area contributed by atoms with Crippen LogP contribution in [0.15, 0.2) is 36.7 Å². The second-order valence-electron chi connectivity index (χ2n) is 11.2. The molecule has 3 heterocycles. The van der Waals surface area contributed by atoms with E-state index in [1.807, 2.05) is 10.8 Å². The molecule has 0 bridgehead atoms. The number of likely N-dealkylation sites (tertiary alicyclic amines) is 1. The maximum Gasteiger partial charge on any atom is 0.319 e. The zero-order chi connectivity index (χ0) is 27.8. The van der Waals surface area contributed by atoms with Gasteiger partial charge in [-0.1, -0.05) is 26.1 Å². The van der Waals surface area contributed by atoms with Gasteiger partial charge in [-0.05, 0) is 57.1 Å². The fourth-order valence-electron chi connectivity index (χ4n) is 4.50. The lowest BCUT2D eigenvalue weighted by Gasteiger charge is -2.26. The number of urea groups is 1. The minimum absolute atomic E-state index is 0.00683. The summed E-state index contributed by atoms with van der Waals surface area (Å²) in [5.41, 5.74) is 0.601. The summed E-state index contributed by atoms with van der Waals surface area (Å²) in [6.07, 6.45) is 7.87. The molecule has 0 atom stereocenters. The number of hydrogen-bond acceptors (Lipinski definition) is 5. The summed E-state index contributed by atoms with van der Waals surface area (Å²) in [7, 11) is -1.19. The molecule has 0 aliphatic carbocycles. The van der Waals surface area contributed by atoms with Crippen molar-refractivity contribution in [3.8, 4) is 11.5 Å². The van der Waals surface area contributed by atoms with Crippen LogP contribution in [0.4, 0.5) is 19.3 Å². The molecular weight excluding hydrogens is 520 g/mol. The number of carbonyl (C=O) groups is 1. The second-order valence-corrected chi connectivity index (χ2v) is 16.8. The molecule has 212 valence electrons. The number of nitrogens with one attached hydrogen (secondary N) is 2. The third-order valence-electron chi connectivity index (χ3n) is 6.70. The van der Waals surface area contributed by atoms with Crippen molar-refractivity contribution in [1.29, 1.82) is 0 Å². The van der Waals surface area contributed by atoms with Crippen LogP contribution in [-0.2, 0) is 11.5 Å². The number of piperidine rings is 1. The predicted octanol–water partition coefficient (Wildman–Crippen LogP) is 6.42. The van der Waals surface area contributed by atoms with Gasteiger partial charge in [0.25, 0.3) is 0 Å². The molecule has 11 heteroatoms. The number of anilines is 1. The van der Waals surface area contributed by atoms with Crippen molar-refractivity contribution in [3.63, 3.8) is 0 Å². The maximum absolute atomic E-state index is 14.9. The molecule has 3 aromatic rings. The van der Waals surface area contributed by atoms with E-state index in [0.717, 1.165) is 44.2 Å². The largest absolute Gasteiger partial charge is 0.450 e. The number of amides is 2. The molecule has 1 aliphatic heterocycles. The van der Waals surface area contributed by atoms with Crippen LogP contribution in [0, 0.1) is 11.6 Å². The molecule has 2 N–H and O–H groups in total. The number of rotatable bonds is 12. The van der Waals surface area contributed by atoms with Gasteiger partial charge >= 0.3 is 6.03 Å². The Labute approximate surface area is 229 Å². The summed E-state index contributed by atoms with van der Waals surface area (Å²) < 4.78 is 43.1. The molecule has 1 saturated heterocycles. The van der Waals surface area contributed by atoms with Gasteiger partial charge in [0.05, 0.1) is 5.39 Å². The van der Waals surface area contributed by atoms with Crippen molar-refractivity contribution in [2.24, 2.45) is 0 Å². The van der Waals surface area contributed by atoms with E-state index >= 15 is 0 Å². The number of benzene rings is 1. The average molecular weight is 560 g/mol. The van der Waals surface area contributed by atoms with Gasteiger partial charge in [0.2, 0.25) is 0 Å². The van der Waals surface area contributed by atoms with E-state index in [4.69, 9.17) is 9.47 Å². The number of ether oxygens (including phenoxy) is 2. The van der Waals surface area contributed by atoms with Crippen molar-refractivity contribution in [3.05, 3.63) is 48.3 Å². The van der Waals surface area contributed by atoms with Crippen LogP contribution in [0.1, 0.15) is 25.7 Å². The molecule has 4 rings (SSSR count). The number of aromatic nitrogens is 2. The van der Waals surface area contributed by atoms with Crippen molar-refractivity contribution >= 4 is 30.8 Å². The molecule has 0 unspecified atom stereocenters. The highest BCUT2D eigenvalue weighted by Crippen LogP contribution is 2.34. The quantitative estimate of drug-likeness (QED) is 0.198. The van der Waals surface area contributed by atoms with Gasteiger partial charge in [-0.15, -0.1) is 0 Å². The van der Waals surface area contributed by atoms with Gasteiger partial charge in [0.1, 0.15) is 18.1 Å². The first kappa shape index (κ1) is 29.0. The number of hydrogen-bond donors (Lipinski definition) is 2. The molecule has 2 amide bonds. The summed E-state index contributed by atoms with van der Waals surface area (Å²) in [6, 6.07) is 5.97. The molecule has 8 nitrogen and oxygen atoms in total. The molecule has 0 saturated carbocycles. The molecule has 2 aromatic heterocycles. The number of halogens is 2. The topological polar surface area (TPSA) is 80.6 Å². The summed E-state index contributed by atoms with van der Waals surface area (Å²) in [5.74, 6) is -2.12. The van der Waals surface area contributed by atoms with Gasteiger partial charge in [-0.25, -0.2) is 18.6 Å². The minimum atomic E-state index is -1.19. The lowest BCUT2D eigenvalue weighted by Crippen LogP contribution is -2.34. The highest BCUT2D eigenvalue weighted by Gasteiger charge is 2.18. The molecule has 1 aromatic carbocycles. The Morgan fingerprint density at radius 1 is 1.10 bits per heavy atom. The van der Waals surface area contributed by atoms with Gasteiger partial charge in [0, 0.05) is 51.4 Å². The van der Waals surface area contributed by atoms with Crippen LogP contribution in [0.5, 0.6) is 11.5 Å². The zero-order valence-corrected chi connectivity index (χ0v) is 24.1. The van der Waals surface area contributed by atoms with Crippen molar-refractivity contribution in [2.45, 2.75) is 58.1 Å². The SMILES string of the molecule is C[Si](C)(C)CCOCn1ccc2c(Oc3c(F)cc(NC(=O)NCCCN4CCCCC4)cc3F)ccnc21. The Kier molecular flexibility index (Phi) is 9.92. The van der Waals surface area contributed by atoms with Crippen LogP contribution in [0.2, 0.25) is 25.7 Å². The van der Waals surface area contributed by atoms with E-state index in [-0.39, 0.29) is 11.4 Å². The highest BCUT2D eigenvalue weighted by molar-refractivity contribution is 6.76. The standard InChI is InChI=1S/C28H39F2N5O3Si/c1-39(2,3)17-16-37-20-35-15-9-22-25(8-11-31-27(22)35)38-26-23(29)18-21(19-24(26)30)33-28(36)32-10-7-14-34-12-5-4-6-13-34/h8-9,11,15,18-19H,4-7,10,12-14,16-17,20H2,1-3H3,(H2,32,33,36). The summed E-state index contributed by atoms with van der Waals surface area (Å²) in [5, 5.41) is 5.84. The highest BCUT2D eigenvalue weighted by atomic mass is 28.3. The predicted molar refractivity (Wildman–Crippen MR) is 152 cm³/mol. The fraction of sp³-hybridized carbons (Fsp3) is 0.500. The van der Waals surface area contributed by atoms with Gasteiger partial charge in [-0.3, -0.25) is 0 Å².